The first-order valence-electron chi connectivity index (χ1n) is 13.9. The van der Waals surface area contributed by atoms with Gasteiger partial charge in [-0.25, -0.2) is 0 Å². The van der Waals surface area contributed by atoms with E-state index in [1.54, 1.807) is 0 Å². The summed E-state index contributed by atoms with van der Waals surface area (Å²) in [4.78, 5) is 12.0. The molecule has 0 aliphatic rings. The quantitative estimate of drug-likeness (QED) is 0.148. The molecule has 2 atom stereocenters. The van der Waals surface area contributed by atoms with Gasteiger partial charge in [-0.2, -0.15) is 0 Å². The van der Waals surface area contributed by atoms with Crippen molar-refractivity contribution in [2.24, 2.45) is 5.92 Å². The fourth-order valence-corrected chi connectivity index (χ4v) is 5.21. The molecule has 1 aromatic carbocycles. The van der Waals surface area contributed by atoms with Gasteiger partial charge >= 0.3 is 0 Å². The molecule has 2 unspecified atom stereocenters. The van der Waals surface area contributed by atoms with Crippen molar-refractivity contribution in [3.05, 3.63) is 35.9 Å². The second kappa shape index (κ2) is 18.0. The SMILES string of the molecule is CCCCCCCCCCCCCCCCCC(Cc1ccccc1)C(C(=O)[O-])[N+](C)(C)C. The van der Waals surface area contributed by atoms with E-state index in [1.165, 1.54) is 95.5 Å². The van der Waals surface area contributed by atoms with Gasteiger partial charge in [0.1, 0.15) is 6.04 Å². The fourth-order valence-electron chi connectivity index (χ4n) is 5.21. The Morgan fingerprint density at radius 3 is 1.55 bits per heavy atom. The van der Waals surface area contributed by atoms with Crippen LogP contribution in [0.2, 0.25) is 0 Å². The van der Waals surface area contributed by atoms with E-state index in [0.717, 1.165) is 19.3 Å². The topological polar surface area (TPSA) is 40.1 Å². The van der Waals surface area contributed by atoms with Gasteiger partial charge in [0.05, 0.1) is 27.1 Å². The standard InChI is InChI=1S/C30H53NO2/c1-5-6-7-8-9-10-11-12-13-14-15-16-17-18-22-25-28(26-27-23-20-19-21-24-27)29(30(32)33)31(2,3)4/h19-21,23-24,28-29H,5-18,22,25-26H2,1-4H3. The third-order valence-corrected chi connectivity index (χ3v) is 7.04. The van der Waals surface area contributed by atoms with Crippen molar-refractivity contribution in [2.45, 2.75) is 122 Å². The molecular formula is C30H53NO2. The molecule has 3 nitrogen and oxygen atoms in total. The summed E-state index contributed by atoms with van der Waals surface area (Å²) in [6.45, 7) is 2.28. The number of benzene rings is 1. The lowest BCUT2D eigenvalue weighted by atomic mass is 9.86. The van der Waals surface area contributed by atoms with E-state index >= 15 is 0 Å². The number of nitrogens with zero attached hydrogens (tertiary/aromatic N) is 1. The molecule has 0 aromatic heterocycles. The molecule has 0 radical (unpaired) electrons. The summed E-state index contributed by atoms with van der Waals surface area (Å²) in [5, 5.41) is 12.0. The minimum atomic E-state index is -0.913. The summed E-state index contributed by atoms with van der Waals surface area (Å²) >= 11 is 0. The Hall–Kier alpha value is -1.35. The Morgan fingerprint density at radius 1 is 0.727 bits per heavy atom. The van der Waals surface area contributed by atoms with Gasteiger partial charge in [0, 0.05) is 5.92 Å². The lowest BCUT2D eigenvalue weighted by molar-refractivity contribution is -0.893. The third kappa shape index (κ3) is 14.5. The molecular weight excluding hydrogens is 406 g/mol. The number of quaternary nitrogens is 1. The van der Waals surface area contributed by atoms with Gasteiger partial charge < -0.3 is 14.4 Å². The zero-order valence-electron chi connectivity index (χ0n) is 22.3. The van der Waals surface area contributed by atoms with Crippen LogP contribution in [-0.4, -0.2) is 37.6 Å². The molecule has 1 aromatic rings. The number of rotatable bonds is 21. The fraction of sp³-hybridized carbons (Fsp3) is 0.767. The van der Waals surface area contributed by atoms with Gasteiger partial charge in [-0.05, 0) is 18.4 Å². The number of carbonyl (C=O) groups excluding carboxylic acids is 1. The van der Waals surface area contributed by atoms with Crippen molar-refractivity contribution in [2.75, 3.05) is 21.1 Å². The van der Waals surface area contributed by atoms with Crippen molar-refractivity contribution < 1.29 is 14.4 Å². The Labute approximate surface area is 205 Å². The molecule has 0 aliphatic carbocycles. The molecule has 0 amide bonds. The summed E-state index contributed by atoms with van der Waals surface area (Å²) in [5.41, 5.74) is 1.23. The summed E-state index contributed by atoms with van der Waals surface area (Å²) in [6, 6.07) is 9.85. The highest BCUT2D eigenvalue weighted by Gasteiger charge is 2.33. The maximum Gasteiger partial charge on any atom is 0.132 e. The molecule has 0 fully saturated rings. The monoisotopic (exact) mass is 459 g/mol. The van der Waals surface area contributed by atoms with Gasteiger partial charge in [0.25, 0.3) is 0 Å². The molecule has 3 heteroatoms. The van der Waals surface area contributed by atoms with Gasteiger partial charge in [0.15, 0.2) is 0 Å². The van der Waals surface area contributed by atoms with Crippen LogP contribution in [0.15, 0.2) is 30.3 Å². The summed E-state index contributed by atoms with van der Waals surface area (Å²) in [7, 11) is 5.93. The zero-order valence-corrected chi connectivity index (χ0v) is 22.3. The van der Waals surface area contributed by atoms with E-state index < -0.39 is 12.0 Å². The van der Waals surface area contributed by atoms with Crippen LogP contribution in [-0.2, 0) is 11.2 Å². The molecule has 0 aliphatic heterocycles. The van der Waals surface area contributed by atoms with Gasteiger partial charge in [-0.1, -0.05) is 134 Å². The first kappa shape index (κ1) is 29.7. The van der Waals surface area contributed by atoms with Crippen molar-refractivity contribution in [3.8, 4) is 0 Å². The van der Waals surface area contributed by atoms with E-state index in [4.69, 9.17) is 0 Å². The second-order valence-electron chi connectivity index (χ2n) is 11.1. The first-order valence-corrected chi connectivity index (χ1v) is 13.9. The van der Waals surface area contributed by atoms with Crippen LogP contribution in [0.5, 0.6) is 0 Å². The Morgan fingerprint density at radius 2 is 1.15 bits per heavy atom. The molecule has 0 bridgehead atoms. The summed E-state index contributed by atoms with van der Waals surface area (Å²) < 4.78 is 0.415. The number of unbranched alkanes of at least 4 members (excludes halogenated alkanes) is 14. The average molecular weight is 460 g/mol. The predicted molar refractivity (Wildman–Crippen MR) is 140 cm³/mol. The van der Waals surface area contributed by atoms with Crippen LogP contribution in [0, 0.1) is 5.92 Å². The number of hydrogen-bond donors (Lipinski definition) is 0. The smallest absolute Gasteiger partial charge is 0.132 e. The van der Waals surface area contributed by atoms with E-state index in [2.05, 4.69) is 19.1 Å². The van der Waals surface area contributed by atoms with Crippen LogP contribution in [0.3, 0.4) is 0 Å². The molecule has 0 spiro atoms. The Balaban J connectivity index is 2.22. The maximum absolute atomic E-state index is 12.0. The van der Waals surface area contributed by atoms with Crippen LogP contribution >= 0.6 is 0 Å². The number of aliphatic carboxylic acids is 1. The van der Waals surface area contributed by atoms with Gasteiger partial charge in [0.2, 0.25) is 0 Å². The van der Waals surface area contributed by atoms with E-state index in [-0.39, 0.29) is 5.92 Å². The highest BCUT2D eigenvalue weighted by Crippen LogP contribution is 2.25. The molecule has 1 rings (SSSR count). The van der Waals surface area contributed by atoms with Crippen molar-refractivity contribution in [3.63, 3.8) is 0 Å². The number of carboxylic acids is 1. The van der Waals surface area contributed by atoms with Gasteiger partial charge in [-0.3, -0.25) is 0 Å². The van der Waals surface area contributed by atoms with Crippen molar-refractivity contribution in [1.29, 1.82) is 0 Å². The third-order valence-electron chi connectivity index (χ3n) is 7.04. The highest BCUT2D eigenvalue weighted by molar-refractivity contribution is 5.70. The maximum atomic E-state index is 12.0. The minimum absolute atomic E-state index is 0.111. The molecule has 0 saturated heterocycles. The van der Waals surface area contributed by atoms with Crippen molar-refractivity contribution in [1.82, 2.24) is 0 Å². The minimum Gasteiger partial charge on any atom is -0.544 e. The number of carboxylic acid groups (broad SMARTS) is 1. The van der Waals surface area contributed by atoms with Gasteiger partial charge in [-0.15, -0.1) is 0 Å². The number of carbonyl (C=O) groups is 1. The van der Waals surface area contributed by atoms with E-state index in [9.17, 15) is 9.90 Å². The van der Waals surface area contributed by atoms with Crippen LogP contribution in [0.4, 0.5) is 0 Å². The number of hydrogen-bond acceptors (Lipinski definition) is 2. The Kier molecular flexibility index (Phi) is 16.2. The molecule has 0 heterocycles. The van der Waals surface area contributed by atoms with Crippen LogP contribution < -0.4 is 5.11 Å². The molecule has 33 heavy (non-hydrogen) atoms. The molecule has 0 N–H and O–H groups in total. The summed E-state index contributed by atoms with van der Waals surface area (Å²) in [5.74, 6) is -0.802. The second-order valence-corrected chi connectivity index (χ2v) is 11.1. The lowest BCUT2D eigenvalue weighted by Crippen LogP contribution is -2.58. The van der Waals surface area contributed by atoms with Crippen LogP contribution in [0.1, 0.15) is 115 Å². The normalized spacial score (nSPS) is 13.7. The Bertz CT molecular complexity index is 593. The average Bonchev–Trinajstić information content (AvgIpc) is 2.75. The van der Waals surface area contributed by atoms with E-state index in [1.807, 2.05) is 39.3 Å². The zero-order chi connectivity index (χ0) is 24.4. The van der Waals surface area contributed by atoms with Crippen LogP contribution in [0.25, 0.3) is 0 Å². The number of likely N-dealkylation sites (N-methyl/N-ethyl adjacent to an activating group) is 1. The predicted octanol–water partition coefficient (Wildman–Crippen LogP) is 6.93. The first-order chi connectivity index (χ1) is 15.9. The molecule has 0 saturated carbocycles. The largest absolute Gasteiger partial charge is 0.544 e. The summed E-state index contributed by atoms with van der Waals surface area (Å²) in [6.07, 6.45) is 22.1. The molecule has 190 valence electrons. The van der Waals surface area contributed by atoms with Crippen molar-refractivity contribution >= 4 is 5.97 Å². The highest BCUT2D eigenvalue weighted by atomic mass is 16.4. The van der Waals surface area contributed by atoms with E-state index in [0.29, 0.717) is 4.48 Å². The lowest BCUT2D eigenvalue weighted by Gasteiger charge is -2.40.